The van der Waals surface area contributed by atoms with Crippen molar-refractivity contribution in [2.24, 2.45) is 7.05 Å². The van der Waals surface area contributed by atoms with Gasteiger partial charge in [0.05, 0.1) is 5.69 Å². The summed E-state index contributed by atoms with van der Waals surface area (Å²) >= 11 is 0. The Kier molecular flexibility index (Phi) is 3.15. The molecule has 0 aliphatic carbocycles. The molecule has 0 saturated carbocycles. The minimum absolute atomic E-state index is 0.452. The molecule has 2 rings (SSSR count). The average Bonchev–Trinajstić information content (AvgIpc) is 2.30. The van der Waals surface area contributed by atoms with Crippen molar-refractivity contribution in [2.75, 3.05) is 5.32 Å². The zero-order valence-electron chi connectivity index (χ0n) is 9.93. The first-order chi connectivity index (χ1) is 8.97. The fraction of sp³-hybridized carbons (Fsp3) is 0.0909. The van der Waals surface area contributed by atoms with Crippen LogP contribution in [0.2, 0.25) is 0 Å². The third-order valence-corrected chi connectivity index (χ3v) is 2.39. The van der Waals surface area contributed by atoms with Crippen molar-refractivity contribution in [1.29, 1.82) is 0 Å². The van der Waals surface area contributed by atoms with Crippen LogP contribution in [-0.2, 0) is 7.05 Å². The van der Waals surface area contributed by atoms with E-state index >= 15 is 0 Å². The summed E-state index contributed by atoms with van der Waals surface area (Å²) in [7, 11) is 1.81. The molecular formula is C11H11N4O4+. The van der Waals surface area contributed by atoms with E-state index in [1.54, 1.807) is 29.1 Å². The summed E-state index contributed by atoms with van der Waals surface area (Å²) in [6.45, 7) is 0. The molecule has 4 N–H and O–H groups in total. The van der Waals surface area contributed by atoms with E-state index in [9.17, 15) is 19.5 Å². The molecule has 98 valence electrons. The quantitative estimate of drug-likeness (QED) is 0.511. The lowest BCUT2D eigenvalue weighted by molar-refractivity contribution is -0.671. The van der Waals surface area contributed by atoms with Gasteiger partial charge in [-0.2, -0.15) is 0 Å². The minimum Gasteiger partial charge on any atom is -0.494 e. The van der Waals surface area contributed by atoms with E-state index in [0.29, 0.717) is 5.69 Å². The number of carbonyl (C=O) groups is 1. The van der Waals surface area contributed by atoms with Gasteiger partial charge in [-0.15, -0.1) is 0 Å². The fourth-order valence-electron chi connectivity index (χ4n) is 1.46. The number of aromatic nitrogens is 3. The third kappa shape index (κ3) is 2.68. The van der Waals surface area contributed by atoms with Crippen LogP contribution in [0.25, 0.3) is 0 Å². The third-order valence-electron chi connectivity index (χ3n) is 2.39. The zero-order chi connectivity index (χ0) is 14.0. The van der Waals surface area contributed by atoms with Crippen LogP contribution in [0.3, 0.4) is 0 Å². The zero-order valence-corrected chi connectivity index (χ0v) is 9.93. The number of aryl methyl sites for hydroxylation is 1. The van der Waals surface area contributed by atoms with Gasteiger partial charge in [0.15, 0.2) is 18.0 Å². The van der Waals surface area contributed by atoms with Gasteiger partial charge in [0, 0.05) is 12.1 Å². The molecule has 0 aliphatic rings. The molecule has 0 atom stereocenters. The molecule has 8 heteroatoms. The Morgan fingerprint density at radius 2 is 1.89 bits per heavy atom. The molecule has 0 spiro atoms. The number of amides is 1. The fourth-order valence-corrected chi connectivity index (χ4v) is 1.46. The number of pyridine rings is 1. The summed E-state index contributed by atoms with van der Waals surface area (Å²) in [6, 6.07) is 3.24. The van der Waals surface area contributed by atoms with Crippen molar-refractivity contribution >= 4 is 11.6 Å². The van der Waals surface area contributed by atoms with Crippen molar-refractivity contribution in [3.05, 3.63) is 50.9 Å². The van der Waals surface area contributed by atoms with Gasteiger partial charge < -0.3 is 10.4 Å². The van der Waals surface area contributed by atoms with E-state index in [0.717, 1.165) is 0 Å². The highest BCUT2D eigenvalue weighted by Crippen LogP contribution is 2.09. The lowest BCUT2D eigenvalue weighted by atomic mass is 10.3. The number of hydrogen-bond donors (Lipinski definition) is 4. The average molecular weight is 263 g/mol. The van der Waals surface area contributed by atoms with Gasteiger partial charge in [0.1, 0.15) is 7.05 Å². The molecule has 0 aliphatic heterocycles. The standard InChI is InChI=1S/C11H10N4O4/c1-15-4-2-6(3-5-15)12-8(16)7-9(17)13-11(19)14-10(7)18/h2-5H,1H3,(H3,13,14,16,17,18,19)/p+1. The molecule has 1 amide bonds. The Bertz CT molecular complexity index is 730. The molecule has 0 bridgehead atoms. The molecule has 2 aromatic heterocycles. The molecule has 0 unspecified atom stereocenters. The molecular weight excluding hydrogens is 252 g/mol. The number of carbonyl (C=O) groups excluding carboxylic acids is 1. The number of anilines is 1. The number of nitrogens with one attached hydrogen (secondary N) is 3. The maximum atomic E-state index is 11.8. The normalized spacial score (nSPS) is 10.2. The van der Waals surface area contributed by atoms with Gasteiger partial charge in [0.2, 0.25) is 5.88 Å². The number of H-pyrrole nitrogens is 2. The Morgan fingerprint density at radius 3 is 2.47 bits per heavy atom. The van der Waals surface area contributed by atoms with E-state index in [-0.39, 0.29) is 0 Å². The second kappa shape index (κ2) is 4.77. The molecule has 0 aromatic carbocycles. The highest BCUT2D eigenvalue weighted by Gasteiger charge is 2.17. The second-order valence-electron chi connectivity index (χ2n) is 3.84. The Balaban J connectivity index is 2.33. The van der Waals surface area contributed by atoms with Crippen LogP contribution >= 0.6 is 0 Å². The summed E-state index contributed by atoms with van der Waals surface area (Å²) in [5.41, 5.74) is -1.94. The largest absolute Gasteiger partial charge is 0.494 e. The van der Waals surface area contributed by atoms with Crippen LogP contribution in [0.5, 0.6) is 5.88 Å². The summed E-state index contributed by atoms with van der Waals surface area (Å²) in [4.78, 5) is 38.0. The monoisotopic (exact) mass is 263 g/mol. The van der Waals surface area contributed by atoms with Crippen molar-refractivity contribution in [3.8, 4) is 5.88 Å². The first-order valence-corrected chi connectivity index (χ1v) is 5.29. The van der Waals surface area contributed by atoms with Gasteiger partial charge in [-0.1, -0.05) is 0 Å². The maximum Gasteiger partial charge on any atom is 0.328 e. The van der Waals surface area contributed by atoms with Crippen LogP contribution in [0.4, 0.5) is 5.69 Å². The molecule has 0 saturated heterocycles. The summed E-state index contributed by atoms with van der Waals surface area (Å²) < 4.78 is 1.76. The lowest BCUT2D eigenvalue weighted by Gasteiger charge is -2.04. The summed E-state index contributed by atoms with van der Waals surface area (Å²) in [5, 5.41) is 11.9. The maximum absolute atomic E-state index is 11.8. The Hall–Kier alpha value is -2.90. The summed E-state index contributed by atoms with van der Waals surface area (Å²) in [6.07, 6.45) is 3.40. The summed E-state index contributed by atoms with van der Waals surface area (Å²) in [5.74, 6) is -1.59. The molecule has 0 radical (unpaired) electrons. The Labute approximate surface area is 106 Å². The van der Waals surface area contributed by atoms with Gasteiger partial charge in [-0.25, -0.2) is 9.36 Å². The van der Waals surface area contributed by atoms with E-state index in [4.69, 9.17) is 0 Å². The highest BCUT2D eigenvalue weighted by atomic mass is 16.3. The predicted octanol–water partition coefficient (Wildman–Crippen LogP) is -1.15. The van der Waals surface area contributed by atoms with Gasteiger partial charge in [-0.3, -0.25) is 19.6 Å². The molecule has 2 aromatic rings. The van der Waals surface area contributed by atoms with E-state index in [2.05, 4.69) is 5.32 Å². The van der Waals surface area contributed by atoms with Crippen molar-refractivity contribution in [3.63, 3.8) is 0 Å². The van der Waals surface area contributed by atoms with Crippen LogP contribution in [-0.4, -0.2) is 21.0 Å². The van der Waals surface area contributed by atoms with Crippen molar-refractivity contribution in [1.82, 2.24) is 9.97 Å². The first kappa shape index (κ1) is 12.6. The van der Waals surface area contributed by atoms with Crippen LogP contribution in [0.1, 0.15) is 10.4 Å². The number of aromatic amines is 2. The van der Waals surface area contributed by atoms with Gasteiger partial charge in [-0.05, 0) is 0 Å². The number of nitrogens with zero attached hydrogens (tertiary/aromatic N) is 1. The predicted molar refractivity (Wildman–Crippen MR) is 64.9 cm³/mol. The Morgan fingerprint density at radius 1 is 1.26 bits per heavy atom. The SMILES string of the molecule is C[n+]1ccc(NC(=O)c2c(O)[nH]c(=O)[nH]c2=O)cc1. The molecule has 19 heavy (non-hydrogen) atoms. The van der Waals surface area contributed by atoms with Gasteiger partial charge in [0.25, 0.3) is 11.5 Å². The lowest BCUT2D eigenvalue weighted by Crippen LogP contribution is -2.30. The number of rotatable bonds is 2. The topological polar surface area (TPSA) is 119 Å². The van der Waals surface area contributed by atoms with Crippen molar-refractivity contribution in [2.45, 2.75) is 0 Å². The number of aromatic hydroxyl groups is 1. The number of hydrogen-bond acceptors (Lipinski definition) is 4. The van der Waals surface area contributed by atoms with Crippen LogP contribution in [0, 0.1) is 0 Å². The van der Waals surface area contributed by atoms with Crippen molar-refractivity contribution < 1.29 is 14.5 Å². The van der Waals surface area contributed by atoms with E-state index in [1.165, 1.54) is 0 Å². The van der Waals surface area contributed by atoms with E-state index in [1.807, 2.05) is 17.0 Å². The first-order valence-electron chi connectivity index (χ1n) is 5.29. The minimum atomic E-state index is -0.958. The van der Waals surface area contributed by atoms with E-state index < -0.39 is 28.6 Å². The smallest absolute Gasteiger partial charge is 0.328 e. The molecule has 8 nitrogen and oxygen atoms in total. The molecule has 0 fully saturated rings. The molecule has 2 heterocycles. The van der Waals surface area contributed by atoms with Crippen LogP contribution < -0.4 is 21.1 Å². The van der Waals surface area contributed by atoms with Gasteiger partial charge >= 0.3 is 5.69 Å². The highest BCUT2D eigenvalue weighted by molar-refractivity contribution is 6.05. The second-order valence-corrected chi connectivity index (χ2v) is 3.84. The van der Waals surface area contributed by atoms with Crippen LogP contribution in [0.15, 0.2) is 34.1 Å².